The Morgan fingerprint density at radius 1 is 0.929 bits per heavy atom. The molecule has 0 radical (unpaired) electrons. The van der Waals surface area contributed by atoms with Crippen molar-refractivity contribution in [2.24, 2.45) is 4.99 Å². The van der Waals surface area contributed by atoms with Crippen LogP contribution in [0.15, 0.2) is 4.99 Å². The second kappa shape index (κ2) is 10.1. The maximum atomic E-state index is 12.4. The van der Waals surface area contributed by atoms with Crippen LogP contribution in [0.5, 0.6) is 0 Å². The maximum absolute atomic E-state index is 12.4. The molecule has 8 heteroatoms. The maximum Gasteiger partial charge on any atom is 0.243 e. The van der Waals surface area contributed by atoms with Crippen LogP contribution in [0.2, 0.25) is 0 Å². The van der Waals surface area contributed by atoms with E-state index < -0.39 is 0 Å². The van der Waals surface area contributed by atoms with Crippen molar-refractivity contribution >= 4 is 17.8 Å². The van der Waals surface area contributed by atoms with E-state index in [1.54, 1.807) is 19.0 Å². The lowest BCUT2D eigenvalue weighted by Gasteiger charge is -2.37. The Bertz CT molecular complexity index is 559. The number of carbonyl (C=O) groups is 2. The quantitative estimate of drug-likeness (QED) is 0.535. The summed E-state index contributed by atoms with van der Waals surface area (Å²) in [5, 5.41) is 3.59. The lowest BCUT2D eigenvalue weighted by Crippen LogP contribution is -2.55. The number of likely N-dealkylation sites (N-methyl/N-ethyl adjacent to an activating group) is 1. The topological polar surface area (TPSA) is 71.5 Å². The first-order valence-electron chi connectivity index (χ1n) is 10.8. The third-order valence-corrected chi connectivity index (χ3v) is 6.04. The zero-order valence-electron chi connectivity index (χ0n) is 17.5. The van der Waals surface area contributed by atoms with Crippen molar-refractivity contribution < 1.29 is 9.59 Å². The number of guanidine groups is 1. The summed E-state index contributed by atoms with van der Waals surface area (Å²) in [6.07, 6.45) is 7.13. The number of carbonyl (C=O) groups excluding carboxylic acids is 2. The van der Waals surface area contributed by atoms with Crippen molar-refractivity contribution in [1.29, 1.82) is 0 Å². The van der Waals surface area contributed by atoms with E-state index >= 15 is 0 Å². The second-order valence-electron chi connectivity index (χ2n) is 8.40. The van der Waals surface area contributed by atoms with E-state index in [0.717, 1.165) is 58.1 Å². The number of likely N-dealkylation sites (tertiary alicyclic amines) is 1. The molecule has 1 N–H and O–H groups in total. The molecule has 0 aromatic heterocycles. The van der Waals surface area contributed by atoms with Gasteiger partial charge in [0.1, 0.15) is 6.54 Å². The Morgan fingerprint density at radius 2 is 1.57 bits per heavy atom. The summed E-state index contributed by atoms with van der Waals surface area (Å²) in [5.74, 6) is 1.13. The van der Waals surface area contributed by atoms with Crippen LogP contribution in [0, 0.1) is 0 Å². The van der Waals surface area contributed by atoms with Crippen LogP contribution in [-0.4, -0.2) is 110 Å². The number of hydrogen-bond acceptors (Lipinski definition) is 4. The van der Waals surface area contributed by atoms with Crippen LogP contribution >= 0.6 is 0 Å². The van der Waals surface area contributed by atoms with Crippen molar-refractivity contribution in [1.82, 2.24) is 24.9 Å². The Hall–Kier alpha value is -1.83. The molecule has 0 aromatic carbocycles. The van der Waals surface area contributed by atoms with Gasteiger partial charge in [0.15, 0.2) is 5.96 Å². The fourth-order valence-electron chi connectivity index (χ4n) is 4.15. The smallest absolute Gasteiger partial charge is 0.243 e. The van der Waals surface area contributed by atoms with Gasteiger partial charge in [-0.2, -0.15) is 0 Å². The number of aliphatic imine (C=N–C) groups is 1. The van der Waals surface area contributed by atoms with Gasteiger partial charge in [-0.25, -0.2) is 4.99 Å². The minimum Gasteiger partial charge on any atom is -0.353 e. The van der Waals surface area contributed by atoms with Crippen molar-refractivity contribution in [3.8, 4) is 0 Å². The van der Waals surface area contributed by atoms with Crippen LogP contribution in [0.4, 0.5) is 0 Å². The van der Waals surface area contributed by atoms with Crippen molar-refractivity contribution in [3.63, 3.8) is 0 Å². The van der Waals surface area contributed by atoms with Gasteiger partial charge in [0.2, 0.25) is 11.8 Å². The minimum atomic E-state index is 0.0144. The molecule has 1 saturated carbocycles. The number of hydrogen-bond donors (Lipinski definition) is 1. The molecule has 0 atom stereocenters. The van der Waals surface area contributed by atoms with Crippen LogP contribution in [0.3, 0.4) is 0 Å². The van der Waals surface area contributed by atoms with Gasteiger partial charge < -0.3 is 20.0 Å². The monoisotopic (exact) mass is 392 g/mol. The number of nitrogens with zero attached hydrogens (tertiary/aromatic N) is 5. The Kier molecular flexibility index (Phi) is 7.53. The molecule has 0 unspecified atom stereocenters. The molecular weight excluding hydrogens is 356 g/mol. The Morgan fingerprint density at radius 3 is 2.18 bits per heavy atom. The van der Waals surface area contributed by atoms with Crippen molar-refractivity contribution in [3.05, 3.63) is 0 Å². The first kappa shape index (κ1) is 20.9. The van der Waals surface area contributed by atoms with Crippen LogP contribution in [0.25, 0.3) is 0 Å². The number of piperazine rings is 1. The summed E-state index contributed by atoms with van der Waals surface area (Å²) in [7, 11) is 3.52. The molecular formula is C20H36N6O2. The summed E-state index contributed by atoms with van der Waals surface area (Å²) in [5.41, 5.74) is 0. The molecule has 0 spiro atoms. The van der Waals surface area contributed by atoms with E-state index in [9.17, 15) is 9.59 Å². The lowest BCUT2D eigenvalue weighted by atomic mass is 10.2. The molecule has 2 saturated heterocycles. The predicted octanol–water partition coefficient (Wildman–Crippen LogP) is 0.203. The average molecular weight is 393 g/mol. The molecule has 2 heterocycles. The Balaban J connectivity index is 1.52. The molecule has 8 nitrogen and oxygen atoms in total. The molecule has 28 heavy (non-hydrogen) atoms. The molecule has 3 fully saturated rings. The number of amides is 2. The van der Waals surface area contributed by atoms with Crippen molar-refractivity contribution in [2.45, 2.75) is 44.6 Å². The highest BCUT2D eigenvalue weighted by Gasteiger charge is 2.26. The highest BCUT2D eigenvalue weighted by molar-refractivity contribution is 5.85. The third-order valence-electron chi connectivity index (χ3n) is 6.04. The molecule has 1 aliphatic carbocycles. The first-order chi connectivity index (χ1) is 13.5. The summed E-state index contributed by atoms with van der Waals surface area (Å²) in [4.78, 5) is 37.1. The normalized spacial score (nSPS) is 22.0. The Labute approximate surface area is 168 Å². The summed E-state index contributed by atoms with van der Waals surface area (Å²) >= 11 is 0. The van der Waals surface area contributed by atoms with E-state index in [1.807, 2.05) is 4.90 Å². The minimum absolute atomic E-state index is 0.0144. The molecule has 0 bridgehead atoms. The van der Waals surface area contributed by atoms with E-state index in [1.165, 1.54) is 25.7 Å². The van der Waals surface area contributed by atoms with Gasteiger partial charge in [-0.05, 0) is 25.7 Å². The summed E-state index contributed by atoms with van der Waals surface area (Å²) in [6, 6.07) is 0.461. The zero-order valence-corrected chi connectivity index (χ0v) is 17.5. The van der Waals surface area contributed by atoms with Gasteiger partial charge in [-0.3, -0.25) is 14.5 Å². The SMILES string of the molecule is CN(C)C(=O)CN=C(NC1CCCC1)N1CCN(CC(=O)N2CCCC2)CC1. The van der Waals surface area contributed by atoms with Gasteiger partial charge in [-0.1, -0.05) is 12.8 Å². The highest BCUT2D eigenvalue weighted by Crippen LogP contribution is 2.18. The van der Waals surface area contributed by atoms with Crippen molar-refractivity contribution in [2.75, 3.05) is 66.5 Å². The van der Waals surface area contributed by atoms with Gasteiger partial charge in [0.05, 0.1) is 6.54 Å². The van der Waals surface area contributed by atoms with E-state index in [0.29, 0.717) is 12.6 Å². The van der Waals surface area contributed by atoms with Gasteiger partial charge in [0.25, 0.3) is 0 Å². The standard InChI is InChI=1S/C20H36N6O2/c1-23(2)18(27)15-21-20(22-17-7-3-4-8-17)26-13-11-24(12-14-26)16-19(28)25-9-5-6-10-25/h17H,3-16H2,1-2H3,(H,21,22). The summed E-state index contributed by atoms with van der Waals surface area (Å²) in [6.45, 7) is 5.91. The van der Waals surface area contributed by atoms with Gasteiger partial charge in [-0.15, -0.1) is 0 Å². The molecule has 158 valence electrons. The number of rotatable bonds is 5. The van der Waals surface area contributed by atoms with Crippen LogP contribution < -0.4 is 5.32 Å². The average Bonchev–Trinajstić information content (AvgIpc) is 3.39. The molecule has 2 aliphatic heterocycles. The molecule has 3 aliphatic rings. The van der Waals surface area contributed by atoms with E-state index in [-0.39, 0.29) is 18.4 Å². The molecule has 3 rings (SSSR count). The first-order valence-corrected chi connectivity index (χ1v) is 10.8. The molecule has 0 aromatic rings. The van der Waals surface area contributed by atoms with E-state index in [4.69, 9.17) is 0 Å². The van der Waals surface area contributed by atoms with Gasteiger partial charge >= 0.3 is 0 Å². The molecule has 2 amide bonds. The number of nitrogens with one attached hydrogen (secondary N) is 1. The fourth-order valence-corrected chi connectivity index (χ4v) is 4.15. The summed E-state index contributed by atoms with van der Waals surface area (Å²) < 4.78 is 0. The largest absolute Gasteiger partial charge is 0.353 e. The van der Waals surface area contributed by atoms with Crippen LogP contribution in [-0.2, 0) is 9.59 Å². The third kappa shape index (κ3) is 5.83. The predicted molar refractivity (Wildman–Crippen MR) is 110 cm³/mol. The highest BCUT2D eigenvalue weighted by atomic mass is 16.2. The zero-order chi connectivity index (χ0) is 19.9. The lowest BCUT2D eigenvalue weighted by molar-refractivity contribution is -0.131. The van der Waals surface area contributed by atoms with Crippen LogP contribution in [0.1, 0.15) is 38.5 Å². The van der Waals surface area contributed by atoms with Gasteiger partial charge in [0, 0.05) is 59.4 Å². The fraction of sp³-hybridized carbons (Fsp3) is 0.850. The second-order valence-corrected chi connectivity index (χ2v) is 8.40. The van der Waals surface area contributed by atoms with E-state index in [2.05, 4.69) is 20.1 Å².